The summed E-state index contributed by atoms with van der Waals surface area (Å²) in [5.41, 5.74) is 2.77. The summed E-state index contributed by atoms with van der Waals surface area (Å²) < 4.78 is 35.9. The molecule has 1 aliphatic rings. The van der Waals surface area contributed by atoms with Crippen molar-refractivity contribution in [3.8, 4) is 11.9 Å². The Morgan fingerprint density at radius 2 is 1.87 bits per heavy atom. The predicted molar refractivity (Wildman–Crippen MR) is 142 cm³/mol. The molecule has 0 saturated heterocycles. The van der Waals surface area contributed by atoms with Gasteiger partial charge in [-0.25, -0.2) is 27.3 Å². The number of aromatic nitrogens is 7. The van der Waals surface area contributed by atoms with Gasteiger partial charge in [-0.15, -0.1) is 10.2 Å². The van der Waals surface area contributed by atoms with Crippen molar-refractivity contribution in [3.05, 3.63) is 72.2 Å². The van der Waals surface area contributed by atoms with E-state index in [-0.39, 0.29) is 22.4 Å². The second-order valence-corrected chi connectivity index (χ2v) is 11.7. The Balaban J connectivity index is 1.31. The van der Waals surface area contributed by atoms with E-state index >= 15 is 0 Å². The molecule has 11 nitrogen and oxygen atoms in total. The lowest BCUT2D eigenvalue weighted by molar-refractivity contribution is 0.238. The van der Waals surface area contributed by atoms with Crippen molar-refractivity contribution in [2.24, 2.45) is 11.8 Å². The molecule has 0 N–H and O–H groups in total. The fraction of sp³-hybridized carbons (Fsp3) is 0.333. The number of nitriles is 1. The fourth-order valence-corrected chi connectivity index (χ4v) is 6.80. The zero-order valence-electron chi connectivity index (χ0n) is 21.5. The summed E-state index contributed by atoms with van der Waals surface area (Å²) in [5.74, 6) is 1.94. The molecule has 198 valence electrons. The molecular weight excluding hydrogens is 516 g/mol. The van der Waals surface area contributed by atoms with Crippen LogP contribution in [-0.2, 0) is 10.0 Å². The number of nitrogens with zero attached hydrogens (tertiary/aromatic N) is 8. The zero-order valence-corrected chi connectivity index (χ0v) is 22.3. The summed E-state index contributed by atoms with van der Waals surface area (Å²) in [5, 5.41) is 17.8. The van der Waals surface area contributed by atoms with E-state index in [2.05, 4.69) is 32.1 Å². The largest absolute Gasteiger partial charge is 0.476 e. The van der Waals surface area contributed by atoms with Gasteiger partial charge >= 0.3 is 0 Å². The predicted octanol–water partition coefficient (Wildman–Crippen LogP) is 3.88. The number of hydrogen-bond acceptors (Lipinski definition) is 9. The molecule has 1 fully saturated rings. The number of hydrogen-bond donors (Lipinski definition) is 0. The van der Waals surface area contributed by atoms with Crippen LogP contribution in [0.1, 0.15) is 49.2 Å². The third-order valence-corrected chi connectivity index (χ3v) is 9.18. The molecule has 1 aliphatic carbocycles. The van der Waals surface area contributed by atoms with Crippen LogP contribution in [0, 0.1) is 30.1 Å². The van der Waals surface area contributed by atoms with E-state index in [0.717, 1.165) is 30.7 Å². The molecule has 12 heteroatoms. The van der Waals surface area contributed by atoms with E-state index in [9.17, 15) is 8.42 Å². The van der Waals surface area contributed by atoms with Crippen LogP contribution >= 0.6 is 0 Å². The third-order valence-electron chi connectivity index (χ3n) is 7.50. The van der Waals surface area contributed by atoms with Gasteiger partial charge in [0.15, 0.2) is 17.0 Å². The minimum atomic E-state index is -3.83. The minimum absolute atomic E-state index is 0.119. The van der Waals surface area contributed by atoms with Crippen LogP contribution in [0.5, 0.6) is 5.88 Å². The molecule has 0 aliphatic heterocycles. The van der Waals surface area contributed by atoms with E-state index in [4.69, 9.17) is 10.00 Å². The molecule has 3 unspecified atom stereocenters. The average molecular weight is 543 g/mol. The number of ether oxygens (including phenoxy) is 1. The lowest BCUT2D eigenvalue weighted by atomic mass is 9.93. The Kier molecular flexibility index (Phi) is 6.23. The number of fused-ring (bicyclic) bond motifs is 3. The smallest absolute Gasteiger partial charge is 0.269 e. The first-order valence-electron chi connectivity index (χ1n) is 12.8. The van der Waals surface area contributed by atoms with E-state index in [1.165, 1.54) is 22.6 Å². The van der Waals surface area contributed by atoms with Crippen molar-refractivity contribution in [1.29, 1.82) is 5.26 Å². The van der Waals surface area contributed by atoms with Crippen LogP contribution in [0.25, 0.3) is 16.8 Å². The number of benzene rings is 1. The summed E-state index contributed by atoms with van der Waals surface area (Å²) >= 11 is 0. The Morgan fingerprint density at radius 3 is 2.59 bits per heavy atom. The minimum Gasteiger partial charge on any atom is -0.476 e. The molecule has 0 radical (unpaired) electrons. The van der Waals surface area contributed by atoms with Crippen LogP contribution in [0.4, 0.5) is 0 Å². The van der Waals surface area contributed by atoms with E-state index in [1.807, 2.05) is 17.4 Å². The first-order chi connectivity index (χ1) is 18.9. The van der Waals surface area contributed by atoms with Gasteiger partial charge < -0.3 is 4.74 Å². The van der Waals surface area contributed by atoms with Gasteiger partial charge in [-0.3, -0.25) is 4.40 Å². The van der Waals surface area contributed by atoms with Crippen LogP contribution in [0.2, 0.25) is 0 Å². The van der Waals surface area contributed by atoms with E-state index in [0.29, 0.717) is 35.2 Å². The van der Waals surface area contributed by atoms with E-state index < -0.39 is 10.0 Å². The number of aryl methyl sites for hydroxylation is 1. The first-order valence-corrected chi connectivity index (χ1v) is 14.2. The van der Waals surface area contributed by atoms with Gasteiger partial charge in [0.25, 0.3) is 10.0 Å². The van der Waals surface area contributed by atoms with Gasteiger partial charge in [0.2, 0.25) is 5.88 Å². The average Bonchev–Trinajstić information content (AvgIpc) is 3.68. The summed E-state index contributed by atoms with van der Waals surface area (Å²) in [6.45, 7) is 4.56. The highest BCUT2D eigenvalue weighted by Crippen LogP contribution is 2.44. The summed E-state index contributed by atoms with van der Waals surface area (Å²) in [7, 11) is -3.83. The lowest BCUT2D eigenvalue weighted by Crippen LogP contribution is -2.13. The van der Waals surface area contributed by atoms with Crippen molar-refractivity contribution in [3.63, 3.8) is 0 Å². The molecule has 0 bridgehead atoms. The normalized spacial score (nSPS) is 19.5. The maximum absolute atomic E-state index is 13.4. The highest BCUT2D eigenvalue weighted by atomic mass is 32.2. The van der Waals surface area contributed by atoms with Gasteiger partial charge in [-0.1, -0.05) is 31.0 Å². The van der Waals surface area contributed by atoms with Gasteiger partial charge in [0.05, 0.1) is 35.6 Å². The first kappa shape index (κ1) is 24.9. The summed E-state index contributed by atoms with van der Waals surface area (Å²) in [6.07, 6.45) is 8.73. The molecule has 4 aromatic heterocycles. The summed E-state index contributed by atoms with van der Waals surface area (Å²) in [6, 6.07) is 10.5. The molecule has 1 saturated carbocycles. The molecule has 0 spiro atoms. The molecule has 6 rings (SSSR count). The van der Waals surface area contributed by atoms with Crippen molar-refractivity contribution < 1.29 is 13.2 Å². The monoisotopic (exact) mass is 542 g/mol. The van der Waals surface area contributed by atoms with Crippen molar-refractivity contribution in [2.45, 2.75) is 43.9 Å². The van der Waals surface area contributed by atoms with Crippen molar-refractivity contribution >= 4 is 26.8 Å². The highest BCUT2D eigenvalue weighted by molar-refractivity contribution is 7.90. The van der Waals surface area contributed by atoms with Gasteiger partial charge in [-0.05, 0) is 49.8 Å². The van der Waals surface area contributed by atoms with Crippen molar-refractivity contribution in [2.75, 3.05) is 6.61 Å². The zero-order chi connectivity index (χ0) is 27.1. The Morgan fingerprint density at radius 1 is 1.05 bits per heavy atom. The molecule has 3 atom stereocenters. The maximum Gasteiger partial charge on any atom is 0.269 e. The maximum atomic E-state index is 13.4. The van der Waals surface area contributed by atoms with Crippen LogP contribution in [-0.4, -0.2) is 48.5 Å². The standard InChI is InChI=1S/C27H26N8O3S/c1-3-19-10-18(16-38-25-15-29-20(12-28)13-30-25)11-22(19)26-33-32-24-14-31-27-23(35(24)26)8-9-34(27)39(36,37)21-6-4-17(2)5-7-21/h4-9,13-15,18-19,22H,3,10-11,16H2,1-2H3. The lowest BCUT2D eigenvalue weighted by Gasteiger charge is -2.16. The Bertz CT molecular complexity index is 1800. The van der Waals surface area contributed by atoms with Crippen LogP contribution in [0.15, 0.2) is 60.0 Å². The van der Waals surface area contributed by atoms with Gasteiger partial charge in [-0.2, -0.15) is 5.26 Å². The molecule has 0 amide bonds. The van der Waals surface area contributed by atoms with Gasteiger partial charge in [0, 0.05) is 12.1 Å². The highest BCUT2D eigenvalue weighted by Gasteiger charge is 2.38. The quantitative estimate of drug-likeness (QED) is 0.299. The van der Waals surface area contributed by atoms with Crippen LogP contribution < -0.4 is 4.74 Å². The fourth-order valence-electron chi connectivity index (χ4n) is 5.51. The molecule has 39 heavy (non-hydrogen) atoms. The Labute approximate surface area is 225 Å². The summed E-state index contributed by atoms with van der Waals surface area (Å²) in [4.78, 5) is 12.8. The second kappa shape index (κ2) is 9.74. The number of rotatable bonds is 7. The van der Waals surface area contributed by atoms with Gasteiger partial charge in [0.1, 0.15) is 11.9 Å². The van der Waals surface area contributed by atoms with Crippen molar-refractivity contribution in [1.82, 2.24) is 33.5 Å². The Hall–Kier alpha value is -4.37. The third kappa shape index (κ3) is 4.38. The molecule has 1 aromatic carbocycles. The van der Waals surface area contributed by atoms with Crippen LogP contribution in [0.3, 0.4) is 0 Å². The topological polar surface area (TPSA) is 141 Å². The molecular formula is C27H26N8O3S. The second-order valence-electron chi connectivity index (χ2n) is 9.92. The molecule has 5 aromatic rings. The molecule has 4 heterocycles. The van der Waals surface area contributed by atoms with E-state index in [1.54, 1.807) is 36.5 Å². The SMILES string of the molecule is CCC1CC(COc2cnc(C#N)cn2)CC1c1nnc2cnc3c(ccn3S(=O)(=O)c3ccc(C)cc3)n12.